The summed E-state index contributed by atoms with van der Waals surface area (Å²) in [5.41, 5.74) is -0.383. The molecular formula is C19H22BF2NO3. The predicted molar refractivity (Wildman–Crippen MR) is 95.4 cm³/mol. The zero-order valence-electron chi connectivity index (χ0n) is 15.5. The topological polar surface area (TPSA) is 40.6 Å². The first-order chi connectivity index (χ1) is 12.1. The van der Waals surface area contributed by atoms with Crippen LogP contribution in [-0.4, -0.2) is 23.3 Å². The van der Waals surface area contributed by atoms with E-state index >= 15 is 0 Å². The first kappa shape index (κ1) is 18.8. The lowest BCUT2D eigenvalue weighted by atomic mass is 9.80. The van der Waals surface area contributed by atoms with Gasteiger partial charge in [-0.15, -0.1) is 0 Å². The number of ether oxygens (including phenoxy) is 1. The smallest absolute Gasteiger partial charge is 0.484 e. The molecule has 26 heavy (non-hydrogen) atoms. The lowest BCUT2D eigenvalue weighted by Crippen LogP contribution is -2.41. The van der Waals surface area contributed by atoms with E-state index in [2.05, 4.69) is 4.98 Å². The van der Waals surface area contributed by atoms with Crippen molar-refractivity contribution in [2.24, 2.45) is 0 Å². The molecule has 2 heterocycles. The summed E-state index contributed by atoms with van der Waals surface area (Å²) in [4.78, 5) is 4.14. The van der Waals surface area contributed by atoms with Crippen LogP contribution in [0, 0.1) is 11.6 Å². The van der Waals surface area contributed by atoms with Crippen LogP contribution in [0.15, 0.2) is 36.7 Å². The molecule has 4 nitrogen and oxygen atoms in total. The standard InChI is InChI=1S/C19H22BF2NO3/c1-12(17-15(21)7-6-8-16(17)22)24-14-9-13(10-23-11-14)20-25-18(2,3)19(4,5)26-20/h6-12H,1-5H3/t12-/m1/s1. The summed E-state index contributed by atoms with van der Waals surface area (Å²) in [5, 5.41) is 0. The Morgan fingerprint density at radius 2 is 1.62 bits per heavy atom. The van der Waals surface area contributed by atoms with Gasteiger partial charge in [0.2, 0.25) is 0 Å². The summed E-state index contributed by atoms with van der Waals surface area (Å²) in [6.07, 6.45) is 2.31. The molecule has 1 aliphatic heterocycles. The molecule has 1 atom stereocenters. The Labute approximate surface area is 152 Å². The molecule has 2 aromatic rings. The van der Waals surface area contributed by atoms with Gasteiger partial charge in [0, 0.05) is 11.7 Å². The highest BCUT2D eigenvalue weighted by Crippen LogP contribution is 2.36. The molecule has 1 fully saturated rings. The zero-order chi connectivity index (χ0) is 19.1. The van der Waals surface area contributed by atoms with Gasteiger partial charge in [0.25, 0.3) is 0 Å². The van der Waals surface area contributed by atoms with E-state index in [0.29, 0.717) is 11.2 Å². The molecule has 1 aromatic heterocycles. The van der Waals surface area contributed by atoms with Crippen molar-refractivity contribution in [3.63, 3.8) is 0 Å². The molecule has 0 bridgehead atoms. The van der Waals surface area contributed by atoms with Crippen LogP contribution in [0.4, 0.5) is 8.78 Å². The van der Waals surface area contributed by atoms with Crippen LogP contribution in [-0.2, 0) is 9.31 Å². The minimum absolute atomic E-state index is 0.117. The van der Waals surface area contributed by atoms with Gasteiger partial charge in [-0.05, 0) is 52.8 Å². The van der Waals surface area contributed by atoms with Crippen molar-refractivity contribution < 1.29 is 22.8 Å². The number of halogens is 2. The van der Waals surface area contributed by atoms with Crippen molar-refractivity contribution in [3.8, 4) is 5.75 Å². The largest absolute Gasteiger partial charge is 0.496 e. The Morgan fingerprint density at radius 1 is 1.04 bits per heavy atom. The number of nitrogens with zero attached hydrogens (tertiary/aromatic N) is 1. The van der Waals surface area contributed by atoms with Gasteiger partial charge >= 0.3 is 7.12 Å². The second-order valence-corrected chi connectivity index (χ2v) is 7.44. The molecule has 0 saturated carbocycles. The van der Waals surface area contributed by atoms with Crippen molar-refractivity contribution in [1.82, 2.24) is 4.98 Å². The number of aromatic nitrogens is 1. The first-order valence-electron chi connectivity index (χ1n) is 8.52. The summed E-state index contributed by atoms with van der Waals surface area (Å²) >= 11 is 0. The van der Waals surface area contributed by atoms with Gasteiger partial charge in [-0.1, -0.05) is 6.07 Å². The van der Waals surface area contributed by atoms with Gasteiger partial charge in [-0.25, -0.2) is 8.78 Å². The van der Waals surface area contributed by atoms with Crippen LogP contribution < -0.4 is 10.2 Å². The third-order valence-electron chi connectivity index (χ3n) is 4.98. The molecular weight excluding hydrogens is 339 g/mol. The fourth-order valence-corrected chi connectivity index (χ4v) is 2.77. The van der Waals surface area contributed by atoms with Crippen molar-refractivity contribution in [1.29, 1.82) is 0 Å². The maximum atomic E-state index is 13.9. The van der Waals surface area contributed by atoms with E-state index in [1.165, 1.54) is 24.4 Å². The molecule has 0 amide bonds. The van der Waals surface area contributed by atoms with Gasteiger partial charge in [0.05, 0.1) is 23.0 Å². The maximum absolute atomic E-state index is 13.9. The third-order valence-corrected chi connectivity index (χ3v) is 4.98. The number of hydrogen-bond acceptors (Lipinski definition) is 4. The molecule has 3 rings (SSSR count). The second-order valence-electron chi connectivity index (χ2n) is 7.44. The number of rotatable bonds is 4. The van der Waals surface area contributed by atoms with Crippen molar-refractivity contribution >= 4 is 12.6 Å². The normalized spacial score (nSPS) is 19.4. The van der Waals surface area contributed by atoms with Crippen LogP contribution in [0.3, 0.4) is 0 Å². The molecule has 0 N–H and O–H groups in total. The predicted octanol–water partition coefficient (Wildman–Crippen LogP) is 3.80. The quantitative estimate of drug-likeness (QED) is 0.777. The first-order valence-corrected chi connectivity index (χ1v) is 8.52. The lowest BCUT2D eigenvalue weighted by Gasteiger charge is -2.32. The summed E-state index contributed by atoms with van der Waals surface area (Å²) < 4.78 is 45.6. The van der Waals surface area contributed by atoms with Crippen LogP contribution in [0.2, 0.25) is 0 Å². The number of pyridine rings is 1. The Kier molecular flexibility index (Phi) is 4.79. The monoisotopic (exact) mass is 361 g/mol. The van der Waals surface area contributed by atoms with Crippen LogP contribution >= 0.6 is 0 Å². The minimum atomic E-state index is -0.813. The Morgan fingerprint density at radius 3 is 2.19 bits per heavy atom. The molecule has 138 valence electrons. The van der Waals surface area contributed by atoms with E-state index < -0.39 is 36.1 Å². The number of hydrogen-bond donors (Lipinski definition) is 0. The van der Waals surface area contributed by atoms with E-state index in [0.717, 1.165) is 0 Å². The second kappa shape index (κ2) is 6.63. The number of benzene rings is 1. The molecule has 0 aliphatic carbocycles. The van der Waals surface area contributed by atoms with Gasteiger partial charge in [-0.3, -0.25) is 4.98 Å². The highest BCUT2D eigenvalue weighted by Gasteiger charge is 2.51. The molecule has 0 unspecified atom stereocenters. The van der Waals surface area contributed by atoms with Crippen LogP contribution in [0.5, 0.6) is 5.75 Å². The molecule has 0 spiro atoms. The minimum Gasteiger partial charge on any atom is -0.484 e. The Balaban J connectivity index is 1.80. The molecule has 0 radical (unpaired) electrons. The molecule has 7 heteroatoms. The highest BCUT2D eigenvalue weighted by molar-refractivity contribution is 6.62. The molecule has 1 aromatic carbocycles. The van der Waals surface area contributed by atoms with Gasteiger partial charge < -0.3 is 14.0 Å². The Hall–Kier alpha value is -1.99. The van der Waals surface area contributed by atoms with E-state index in [4.69, 9.17) is 14.0 Å². The lowest BCUT2D eigenvalue weighted by molar-refractivity contribution is 0.00578. The van der Waals surface area contributed by atoms with Crippen molar-refractivity contribution in [2.45, 2.75) is 51.9 Å². The summed E-state index contributed by atoms with van der Waals surface area (Å²) in [6, 6.07) is 5.44. The van der Waals surface area contributed by atoms with E-state index in [-0.39, 0.29) is 5.56 Å². The summed E-state index contributed by atoms with van der Waals surface area (Å²) in [6.45, 7) is 9.43. The van der Waals surface area contributed by atoms with E-state index in [1.54, 1.807) is 19.2 Å². The van der Waals surface area contributed by atoms with Gasteiger partial charge in [0.1, 0.15) is 23.5 Å². The fourth-order valence-electron chi connectivity index (χ4n) is 2.77. The van der Waals surface area contributed by atoms with E-state index in [1.807, 2.05) is 27.7 Å². The van der Waals surface area contributed by atoms with Crippen LogP contribution in [0.1, 0.15) is 46.3 Å². The van der Waals surface area contributed by atoms with Crippen molar-refractivity contribution in [2.75, 3.05) is 0 Å². The average molecular weight is 361 g/mol. The van der Waals surface area contributed by atoms with Gasteiger partial charge in [-0.2, -0.15) is 0 Å². The molecule has 1 saturated heterocycles. The summed E-state index contributed by atoms with van der Waals surface area (Å²) in [7, 11) is -0.587. The van der Waals surface area contributed by atoms with Gasteiger partial charge in [0.15, 0.2) is 0 Å². The van der Waals surface area contributed by atoms with E-state index in [9.17, 15) is 8.78 Å². The zero-order valence-corrected chi connectivity index (χ0v) is 15.5. The maximum Gasteiger partial charge on any atom is 0.496 e. The Bertz CT molecular complexity index is 777. The fraction of sp³-hybridized carbons (Fsp3) is 0.421. The SMILES string of the molecule is C[C@@H](Oc1cncc(B2OC(C)(C)C(C)(C)O2)c1)c1c(F)cccc1F. The summed E-state index contributed by atoms with van der Waals surface area (Å²) in [5.74, 6) is -0.910. The van der Waals surface area contributed by atoms with Crippen molar-refractivity contribution in [3.05, 3.63) is 53.9 Å². The third kappa shape index (κ3) is 3.46. The average Bonchev–Trinajstić information content (AvgIpc) is 2.75. The molecule has 1 aliphatic rings. The highest BCUT2D eigenvalue weighted by atomic mass is 19.1. The van der Waals surface area contributed by atoms with Crippen LogP contribution in [0.25, 0.3) is 0 Å².